The summed E-state index contributed by atoms with van der Waals surface area (Å²) in [5.74, 6) is 3.15. The number of hydrogen-bond donors (Lipinski definition) is 1. The Morgan fingerprint density at radius 1 is 0.778 bits per heavy atom. The molecule has 2 fully saturated rings. The predicted molar refractivity (Wildman–Crippen MR) is 81.9 cm³/mol. The molecule has 0 aromatic rings. The van der Waals surface area contributed by atoms with Gasteiger partial charge < -0.3 is 5.32 Å². The van der Waals surface area contributed by atoms with Crippen LogP contribution in [-0.2, 0) is 0 Å². The van der Waals surface area contributed by atoms with Crippen molar-refractivity contribution >= 4 is 0 Å². The second-order valence-electron chi connectivity index (χ2n) is 6.37. The molecular formula is C17H35N. The van der Waals surface area contributed by atoms with E-state index in [1.807, 2.05) is 13.8 Å². The Morgan fingerprint density at radius 3 is 1.67 bits per heavy atom. The molecule has 0 aromatic heterocycles. The molecule has 1 heteroatoms. The van der Waals surface area contributed by atoms with Gasteiger partial charge in [0.1, 0.15) is 0 Å². The fraction of sp³-hybridized carbons (Fsp3) is 1.00. The van der Waals surface area contributed by atoms with Gasteiger partial charge in [0.15, 0.2) is 0 Å². The van der Waals surface area contributed by atoms with Crippen LogP contribution in [0.4, 0.5) is 0 Å². The van der Waals surface area contributed by atoms with Gasteiger partial charge in [0.05, 0.1) is 0 Å². The third-order valence-electron chi connectivity index (χ3n) is 5.06. The Hall–Kier alpha value is -0.0400. The summed E-state index contributed by atoms with van der Waals surface area (Å²) in [6.45, 7) is 6.42. The quantitative estimate of drug-likeness (QED) is 0.745. The topological polar surface area (TPSA) is 12.0 Å². The SMILES string of the molecule is CC.CNC1CCC(CC2CCC(C)CC2)CC1. The van der Waals surface area contributed by atoms with Crippen LogP contribution in [0.2, 0.25) is 0 Å². The molecule has 108 valence electrons. The van der Waals surface area contributed by atoms with E-state index >= 15 is 0 Å². The standard InChI is InChI=1S/C15H29N.C2H6/c1-12-3-5-13(6-4-12)11-14-7-9-15(16-2)10-8-14;1-2/h12-16H,3-11H2,1-2H3;1-2H3. The van der Waals surface area contributed by atoms with Gasteiger partial charge in [0.2, 0.25) is 0 Å². The summed E-state index contributed by atoms with van der Waals surface area (Å²) < 4.78 is 0. The average Bonchev–Trinajstić information content (AvgIpc) is 2.44. The molecule has 0 amide bonds. The van der Waals surface area contributed by atoms with Gasteiger partial charge in [-0.05, 0) is 56.9 Å². The van der Waals surface area contributed by atoms with Crippen LogP contribution in [0.3, 0.4) is 0 Å². The van der Waals surface area contributed by atoms with Crippen molar-refractivity contribution in [1.82, 2.24) is 5.32 Å². The first-order chi connectivity index (χ1) is 8.78. The Kier molecular flexibility index (Phi) is 7.97. The molecule has 0 radical (unpaired) electrons. The lowest BCUT2D eigenvalue weighted by molar-refractivity contribution is 0.206. The van der Waals surface area contributed by atoms with Gasteiger partial charge in [-0.2, -0.15) is 0 Å². The molecule has 2 rings (SSSR count). The van der Waals surface area contributed by atoms with Gasteiger partial charge in [-0.15, -0.1) is 0 Å². The van der Waals surface area contributed by atoms with Crippen molar-refractivity contribution in [3.05, 3.63) is 0 Å². The molecule has 0 heterocycles. The highest BCUT2D eigenvalue weighted by atomic mass is 14.9. The van der Waals surface area contributed by atoms with Crippen LogP contribution in [0, 0.1) is 17.8 Å². The predicted octanol–water partition coefficient (Wildman–Crippen LogP) is 5.01. The van der Waals surface area contributed by atoms with Crippen LogP contribution in [0.1, 0.15) is 78.6 Å². The smallest absolute Gasteiger partial charge is 0.00642 e. The van der Waals surface area contributed by atoms with E-state index in [0.717, 1.165) is 23.8 Å². The second kappa shape index (κ2) is 8.96. The molecule has 1 N–H and O–H groups in total. The van der Waals surface area contributed by atoms with Crippen molar-refractivity contribution in [3.8, 4) is 0 Å². The first kappa shape index (κ1) is 16.0. The number of rotatable bonds is 3. The minimum absolute atomic E-state index is 0.822. The van der Waals surface area contributed by atoms with E-state index in [1.54, 1.807) is 6.42 Å². The molecule has 0 aliphatic heterocycles. The lowest BCUT2D eigenvalue weighted by Crippen LogP contribution is -2.31. The van der Waals surface area contributed by atoms with Crippen molar-refractivity contribution in [2.24, 2.45) is 17.8 Å². The molecule has 0 spiro atoms. The molecule has 0 aromatic carbocycles. The van der Waals surface area contributed by atoms with Crippen molar-refractivity contribution in [2.45, 2.75) is 84.6 Å². The van der Waals surface area contributed by atoms with Crippen LogP contribution in [0.25, 0.3) is 0 Å². The molecule has 18 heavy (non-hydrogen) atoms. The zero-order chi connectivity index (χ0) is 13.4. The van der Waals surface area contributed by atoms with Gasteiger partial charge in [0.25, 0.3) is 0 Å². The molecule has 0 saturated heterocycles. The highest BCUT2D eigenvalue weighted by Crippen LogP contribution is 2.36. The average molecular weight is 253 g/mol. The van der Waals surface area contributed by atoms with Crippen molar-refractivity contribution in [3.63, 3.8) is 0 Å². The molecule has 2 saturated carbocycles. The van der Waals surface area contributed by atoms with Crippen LogP contribution in [0.15, 0.2) is 0 Å². The van der Waals surface area contributed by atoms with Gasteiger partial charge in [-0.1, -0.05) is 46.5 Å². The Morgan fingerprint density at radius 2 is 1.22 bits per heavy atom. The van der Waals surface area contributed by atoms with Gasteiger partial charge in [0, 0.05) is 6.04 Å². The monoisotopic (exact) mass is 253 g/mol. The summed E-state index contributed by atoms with van der Waals surface area (Å²) >= 11 is 0. The van der Waals surface area contributed by atoms with Crippen LogP contribution in [-0.4, -0.2) is 13.1 Å². The molecule has 1 nitrogen and oxygen atoms in total. The third-order valence-corrected chi connectivity index (χ3v) is 5.06. The maximum atomic E-state index is 3.43. The van der Waals surface area contributed by atoms with Gasteiger partial charge in [-0.3, -0.25) is 0 Å². The first-order valence-electron chi connectivity index (χ1n) is 8.45. The summed E-state index contributed by atoms with van der Waals surface area (Å²) in [6, 6.07) is 0.822. The summed E-state index contributed by atoms with van der Waals surface area (Å²) in [7, 11) is 2.12. The first-order valence-corrected chi connectivity index (χ1v) is 8.45. The Bertz CT molecular complexity index is 186. The lowest BCUT2D eigenvalue weighted by Gasteiger charge is -2.33. The van der Waals surface area contributed by atoms with E-state index in [-0.39, 0.29) is 0 Å². The largest absolute Gasteiger partial charge is 0.317 e. The van der Waals surface area contributed by atoms with E-state index in [2.05, 4.69) is 19.3 Å². The van der Waals surface area contributed by atoms with Gasteiger partial charge in [-0.25, -0.2) is 0 Å². The zero-order valence-electron chi connectivity index (χ0n) is 13.2. The number of nitrogens with one attached hydrogen (secondary N) is 1. The van der Waals surface area contributed by atoms with E-state index < -0.39 is 0 Å². The maximum Gasteiger partial charge on any atom is 0.00642 e. The molecule has 2 aliphatic carbocycles. The summed E-state index contributed by atoms with van der Waals surface area (Å²) in [5.41, 5.74) is 0. The minimum Gasteiger partial charge on any atom is -0.317 e. The molecule has 0 bridgehead atoms. The maximum absolute atomic E-state index is 3.43. The fourth-order valence-electron chi connectivity index (χ4n) is 3.72. The lowest BCUT2D eigenvalue weighted by atomic mass is 9.75. The molecule has 0 unspecified atom stereocenters. The molecule has 0 atom stereocenters. The highest BCUT2D eigenvalue weighted by Gasteiger charge is 2.25. The van der Waals surface area contributed by atoms with Crippen molar-refractivity contribution < 1.29 is 0 Å². The summed E-state index contributed by atoms with van der Waals surface area (Å²) in [4.78, 5) is 0. The Balaban J connectivity index is 0.000000771. The van der Waals surface area contributed by atoms with Crippen LogP contribution in [0.5, 0.6) is 0 Å². The Labute approximate surface area is 115 Å². The van der Waals surface area contributed by atoms with Crippen LogP contribution >= 0.6 is 0 Å². The molecular weight excluding hydrogens is 218 g/mol. The fourth-order valence-corrected chi connectivity index (χ4v) is 3.72. The van der Waals surface area contributed by atoms with E-state index in [0.29, 0.717) is 0 Å². The highest BCUT2D eigenvalue weighted by molar-refractivity contribution is 4.79. The van der Waals surface area contributed by atoms with Crippen molar-refractivity contribution in [2.75, 3.05) is 7.05 Å². The number of hydrogen-bond acceptors (Lipinski definition) is 1. The minimum atomic E-state index is 0.822. The van der Waals surface area contributed by atoms with E-state index in [4.69, 9.17) is 0 Å². The second-order valence-corrected chi connectivity index (χ2v) is 6.37. The third kappa shape index (κ3) is 5.30. The summed E-state index contributed by atoms with van der Waals surface area (Å²) in [6.07, 6.45) is 13.4. The van der Waals surface area contributed by atoms with Crippen molar-refractivity contribution in [1.29, 1.82) is 0 Å². The van der Waals surface area contributed by atoms with E-state index in [1.165, 1.54) is 51.4 Å². The summed E-state index contributed by atoms with van der Waals surface area (Å²) in [5, 5.41) is 3.43. The van der Waals surface area contributed by atoms with Gasteiger partial charge >= 0.3 is 0 Å². The molecule has 2 aliphatic rings. The zero-order valence-corrected chi connectivity index (χ0v) is 13.2. The normalized spacial score (nSPS) is 36.7. The van der Waals surface area contributed by atoms with Crippen LogP contribution < -0.4 is 5.32 Å². The van der Waals surface area contributed by atoms with E-state index in [9.17, 15) is 0 Å².